The highest BCUT2D eigenvalue weighted by Gasteiger charge is 2.10. The summed E-state index contributed by atoms with van der Waals surface area (Å²) in [5.41, 5.74) is 2.74. The van der Waals surface area contributed by atoms with Crippen LogP contribution in [0.25, 0.3) is 0 Å². The van der Waals surface area contributed by atoms with Crippen molar-refractivity contribution in [3.63, 3.8) is 0 Å². The molecule has 0 aliphatic carbocycles. The zero-order chi connectivity index (χ0) is 15.2. The molecule has 1 amide bonds. The maximum absolute atomic E-state index is 12.0. The number of aromatic nitrogens is 3. The Morgan fingerprint density at radius 3 is 2.86 bits per heavy atom. The maximum Gasteiger partial charge on any atom is 0.238 e. The van der Waals surface area contributed by atoms with Gasteiger partial charge in [-0.25, -0.2) is 0 Å². The third-order valence-electron chi connectivity index (χ3n) is 3.40. The van der Waals surface area contributed by atoms with E-state index in [0.29, 0.717) is 6.54 Å². The highest BCUT2D eigenvalue weighted by Crippen LogP contribution is 2.11. The van der Waals surface area contributed by atoms with Gasteiger partial charge in [-0.05, 0) is 26.1 Å². The van der Waals surface area contributed by atoms with E-state index < -0.39 is 0 Å². The number of carbonyl (C=O) groups excluding carboxylic acids is 1. The van der Waals surface area contributed by atoms with Crippen molar-refractivity contribution in [2.24, 2.45) is 7.05 Å². The molecule has 2 aromatic rings. The molecule has 0 aliphatic rings. The molecule has 2 aromatic heterocycles. The monoisotopic (exact) mass is 287 g/mol. The highest BCUT2D eigenvalue weighted by atomic mass is 16.2. The normalized spacial score (nSPS) is 10.9. The Hall–Kier alpha value is -2.21. The minimum atomic E-state index is -0.0328. The summed E-state index contributed by atoms with van der Waals surface area (Å²) < 4.78 is 1.74. The number of amides is 1. The number of pyridine rings is 1. The molecule has 0 aliphatic heterocycles. The first-order valence-corrected chi connectivity index (χ1v) is 6.93. The SMILES string of the molecule is Cc1c(NC(=O)CN(C)CCc2ccccn2)cnn1C. The molecule has 2 rings (SSSR count). The van der Waals surface area contributed by atoms with Gasteiger partial charge in [0.05, 0.1) is 24.1 Å². The summed E-state index contributed by atoms with van der Waals surface area (Å²) >= 11 is 0. The molecule has 0 spiro atoms. The van der Waals surface area contributed by atoms with Crippen LogP contribution >= 0.6 is 0 Å². The predicted octanol–water partition coefficient (Wildman–Crippen LogP) is 1.24. The molecular weight excluding hydrogens is 266 g/mol. The largest absolute Gasteiger partial charge is 0.322 e. The van der Waals surface area contributed by atoms with Gasteiger partial charge in [-0.3, -0.25) is 19.4 Å². The van der Waals surface area contributed by atoms with Gasteiger partial charge in [0.15, 0.2) is 0 Å². The Bertz CT molecular complexity index is 593. The van der Waals surface area contributed by atoms with Crippen molar-refractivity contribution in [1.29, 1.82) is 0 Å². The third kappa shape index (κ3) is 4.39. The van der Waals surface area contributed by atoms with Crippen molar-refractivity contribution in [3.8, 4) is 0 Å². The predicted molar refractivity (Wildman–Crippen MR) is 82.0 cm³/mol. The van der Waals surface area contributed by atoms with Crippen LogP contribution in [0.15, 0.2) is 30.6 Å². The molecule has 112 valence electrons. The summed E-state index contributed by atoms with van der Waals surface area (Å²) in [4.78, 5) is 18.2. The number of likely N-dealkylation sites (N-methyl/N-ethyl adjacent to an activating group) is 1. The number of anilines is 1. The first-order chi connectivity index (χ1) is 10.1. The minimum absolute atomic E-state index is 0.0328. The van der Waals surface area contributed by atoms with Crippen LogP contribution in [0.2, 0.25) is 0 Å². The number of aryl methyl sites for hydroxylation is 1. The summed E-state index contributed by atoms with van der Waals surface area (Å²) in [5, 5.41) is 6.98. The molecule has 0 bridgehead atoms. The van der Waals surface area contributed by atoms with Gasteiger partial charge in [0, 0.05) is 31.9 Å². The Balaban J connectivity index is 1.78. The molecular formula is C15H21N5O. The van der Waals surface area contributed by atoms with E-state index in [4.69, 9.17) is 0 Å². The van der Waals surface area contributed by atoms with Gasteiger partial charge in [0.1, 0.15) is 0 Å². The van der Waals surface area contributed by atoms with Crippen molar-refractivity contribution >= 4 is 11.6 Å². The van der Waals surface area contributed by atoms with Crippen molar-refractivity contribution in [1.82, 2.24) is 19.7 Å². The number of carbonyl (C=O) groups is 1. The van der Waals surface area contributed by atoms with Crippen LogP contribution in [0, 0.1) is 6.92 Å². The molecule has 0 aromatic carbocycles. The lowest BCUT2D eigenvalue weighted by Gasteiger charge is -2.15. The average Bonchev–Trinajstić information content (AvgIpc) is 2.78. The van der Waals surface area contributed by atoms with Crippen LogP contribution in [0.5, 0.6) is 0 Å². The Labute approximate surface area is 124 Å². The fourth-order valence-corrected chi connectivity index (χ4v) is 1.99. The first kappa shape index (κ1) is 15.2. The van der Waals surface area contributed by atoms with Gasteiger partial charge in [-0.1, -0.05) is 6.07 Å². The zero-order valence-electron chi connectivity index (χ0n) is 12.7. The summed E-state index contributed by atoms with van der Waals surface area (Å²) in [6, 6.07) is 5.87. The second-order valence-electron chi connectivity index (χ2n) is 5.12. The van der Waals surface area contributed by atoms with Crippen LogP contribution in [0.3, 0.4) is 0 Å². The van der Waals surface area contributed by atoms with Crippen LogP contribution in [-0.2, 0) is 18.3 Å². The minimum Gasteiger partial charge on any atom is -0.322 e. The molecule has 0 fully saturated rings. The van der Waals surface area contributed by atoms with Crippen LogP contribution < -0.4 is 5.32 Å². The van der Waals surface area contributed by atoms with Crippen molar-refractivity contribution in [2.75, 3.05) is 25.5 Å². The lowest BCUT2D eigenvalue weighted by Crippen LogP contribution is -2.31. The third-order valence-corrected chi connectivity index (χ3v) is 3.40. The number of rotatable bonds is 6. The van der Waals surface area contributed by atoms with E-state index >= 15 is 0 Å². The van der Waals surface area contributed by atoms with Gasteiger partial charge in [0.2, 0.25) is 5.91 Å². The second kappa shape index (κ2) is 6.99. The molecule has 0 unspecified atom stereocenters. The van der Waals surface area contributed by atoms with Gasteiger partial charge in [-0.2, -0.15) is 5.10 Å². The molecule has 0 radical (unpaired) electrons. The number of nitrogens with one attached hydrogen (secondary N) is 1. The van der Waals surface area contributed by atoms with E-state index in [1.165, 1.54) is 0 Å². The molecule has 0 saturated heterocycles. The second-order valence-corrected chi connectivity index (χ2v) is 5.12. The Morgan fingerprint density at radius 2 is 2.24 bits per heavy atom. The van der Waals surface area contributed by atoms with E-state index in [9.17, 15) is 4.79 Å². The van der Waals surface area contributed by atoms with Crippen molar-refractivity contribution in [2.45, 2.75) is 13.3 Å². The summed E-state index contributed by atoms with van der Waals surface area (Å²) in [7, 11) is 3.78. The van der Waals surface area contributed by atoms with E-state index in [2.05, 4.69) is 15.4 Å². The fraction of sp³-hybridized carbons (Fsp3) is 0.400. The van der Waals surface area contributed by atoms with Gasteiger partial charge in [-0.15, -0.1) is 0 Å². The molecule has 0 saturated carbocycles. The summed E-state index contributed by atoms with van der Waals surface area (Å²) in [6.07, 6.45) is 4.28. The molecule has 0 atom stereocenters. The lowest BCUT2D eigenvalue weighted by molar-refractivity contribution is -0.117. The number of hydrogen-bond donors (Lipinski definition) is 1. The number of hydrogen-bond acceptors (Lipinski definition) is 4. The fourth-order valence-electron chi connectivity index (χ4n) is 1.99. The van der Waals surface area contributed by atoms with Gasteiger partial charge < -0.3 is 5.32 Å². The van der Waals surface area contributed by atoms with Crippen LogP contribution in [0.4, 0.5) is 5.69 Å². The highest BCUT2D eigenvalue weighted by molar-refractivity contribution is 5.92. The maximum atomic E-state index is 12.0. The smallest absolute Gasteiger partial charge is 0.238 e. The zero-order valence-corrected chi connectivity index (χ0v) is 12.7. The van der Waals surface area contributed by atoms with Crippen molar-refractivity contribution in [3.05, 3.63) is 42.0 Å². The Morgan fingerprint density at radius 1 is 1.43 bits per heavy atom. The van der Waals surface area contributed by atoms with E-state index in [1.807, 2.05) is 44.1 Å². The lowest BCUT2D eigenvalue weighted by atomic mass is 10.2. The molecule has 6 nitrogen and oxygen atoms in total. The molecule has 2 heterocycles. The summed E-state index contributed by atoms with van der Waals surface area (Å²) in [5.74, 6) is -0.0328. The van der Waals surface area contributed by atoms with Gasteiger partial charge >= 0.3 is 0 Å². The van der Waals surface area contributed by atoms with Crippen molar-refractivity contribution < 1.29 is 4.79 Å². The first-order valence-electron chi connectivity index (χ1n) is 6.93. The van der Waals surface area contributed by atoms with E-state index in [-0.39, 0.29) is 5.91 Å². The standard InChI is InChI=1S/C15H21N5O/c1-12-14(10-17-20(12)3)18-15(21)11-19(2)9-7-13-6-4-5-8-16-13/h4-6,8,10H,7,9,11H2,1-3H3,(H,18,21). The molecule has 6 heteroatoms. The van der Waals surface area contributed by atoms with Crippen LogP contribution in [-0.4, -0.2) is 45.7 Å². The molecule has 1 N–H and O–H groups in total. The van der Waals surface area contributed by atoms with Crippen LogP contribution in [0.1, 0.15) is 11.4 Å². The Kier molecular flexibility index (Phi) is 5.05. The van der Waals surface area contributed by atoms with Gasteiger partial charge in [0.25, 0.3) is 0 Å². The molecule has 21 heavy (non-hydrogen) atoms. The van der Waals surface area contributed by atoms with E-state index in [1.54, 1.807) is 17.1 Å². The average molecular weight is 287 g/mol. The van der Waals surface area contributed by atoms with E-state index in [0.717, 1.165) is 30.0 Å². The summed E-state index contributed by atoms with van der Waals surface area (Å²) in [6.45, 7) is 3.06. The number of nitrogens with zero attached hydrogens (tertiary/aromatic N) is 4. The quantitative estimate of drug-likeness (QED) is 0.868. The topological polar surface area (TPSA) is 63.1 Å².